The molecule has 1 aliphatic rings. The van der Waals surface area contributed by atoms with E-state index in [0.29, 0.717) is 13.1 Å². The van der Waals surface area contributed by atoms with Gasteiger partial charge in [0.2, 0.25) is 5.91 Å². The lowest BCUT2D eigenvalue weighted by Gasteiger charge is -2.39. The summed E-state index contributed by atoms with van der Waals surface area (Å²) in [5.74, 6) is 0.257. The van der Waals surface area contributed by atoms with Crippen molar-refractivity contribution in [3.05, 3.63) is 0 Å². The quantitative estimate of drug-likeness (QED) is 0.529. The minimum atomic E-state index is -0.408. The predicted octanol–water partition coefficient (Wildman–Crippen LogP) is -1.22. The highest BCUT2D eigenvalue weighted by Crippen LogP contribution is 2.14. The van der Waals surface area contributed by atoms with Gasteiger partial charge in [0, 0.05) is 25.6 Å². The molecule has 0 bridgehead atoms. The van der Waals surface area contributed by atoms with Crippen LogP contribution < -0.4 is 5.73 Å². The molecule has 1 atom stereocenters. The molecule has 1 rings (SSSR count). The van der Waals surface area contributed by atoms with Gasteiger partial charge in [0.25, 0.3) is 0 Å². The number of aliphatic hydroxyl groups is 1. The van der Waals surface area contributed by atoms with Gasteiger partial charge in [-0.3, -0.25) is 4.79 Å². The fraction of sp³-hybridized carbons (Fsp3) is 0.857. The molecule has 0 unspecified atom stereocenters. The lowest BCUT2D eigenvalue weighted by atomic mass is 10.0. The van der Waals surface area contributed by atoms with Crippen LogP contribution in [0.4, 0.5) is 0 Å². The highest BCUT2D eigenvalue weighted by molar-refractivity contribution is 5.81. The molecule has 4 nitrogen and oxygen atoms in total. The third-order valence-corrected chi connectivity index (χ3v) is 1.92. The van der Waals surface area contributed by atoms with Gasteiger partial charge in [0.05, 0.1) is 6.04 Å². The van der Waals surface area contributed by atoms with Crippen molar-refractivity contribution in [2.45, 2.75) is 13.0 Å². The van der Waals surface area contributed by atoms with E-state index in [9.17, 15) is 4.79 Å². The van der Waals surface area contributed by atoms with E-state index < -0.39 is 6.04 Å². The Morgan fingerprint density at radius 1 is 1.82 bits per heavy atom. The zero-order valence-electron chi connectivity index (χ0n) is 6.66. The lowest BCUT2D eigenvalue weighted by molar-refractivity contribution is -0.139. The molecule has 0 aliphatic carbocycles. The van der Waals surface area contributed by atoms with Crippen molar-refractivity contribution in [1.29, 1.82) is 0 Å². The first-order chi connectivity index (χ1) is 5.15. The molecule has 3 N–H and O–H groups in total. The summed E-state index contributed by atoms with van der Waals surface area (Å²) in [7, 11) is 0. The summed E-state index contributed by atoms with van der Waals surface area (Å²) < 4.78 is 0. The molecule has 4 heteroatoms. The molecule has 64 valence electrons. The van der Waals surface area contributed by atoms with E-state index in [1.54, 1.807) is 11.8 Å². The van der Waals surface area contributed by atoms with Crippen LogP contribution in [0.15, 0.2) is 0 Å². The molecule has 1 saturated heterocycles. The molecule has 1 amide bonds. The van der Waals surface area contributed by atoms with Crippen LogP contribution in [0.5, 0.6) is 0 Å². The smallest absolute Gasteiger partial charge is 0.239 e. The average Bonchev–Trinajstić information content (AvgIpc) is 1.85. The predicted molar refractivity (Wildman–Crippen MR) is 40.8 cm³/mol. The van der Waals surface area contributed by atoms with Crippen molar-refractivity contribution in [1.82, 2.24) is 4.90 Å². The number of likely N-dealkylation sites (tertiary alicyclic amines) is 1. The normalized spacial score (nSPS) is 21.2. The zero-order valence-corrected chi connectivity index (χ0v) is 6.66. The summed E-state index contributed by atoms with van der Waals surface area (Å²) in [6.45, 7) is 3.17. The molecule has 11 heavy (non-hydrogen) atoms. The van der Waals surface area contributed by atoms with Gasteiger partial charge >= 0.3 is 0 Å². The molecule has 0 aromatic heterocycles. The summed E-state index contributed by atoms with van der Waals surface area (Å²) in [6.07, 6.45) is 0. The third kappa shape index (κ3) is 1.70. The lowest BCUT2D eigenvalue weighted by Crippen LogP contribution is -2.55. The Labute approximate surface area is 66.0 Å². The Morgan fingerprint density at radius 2 is 2.36 bits per heavy atom. The summed E-state index contributed by atoms with van der Waals surface area (Å²) in [6, 6.07) is -0.408. The van der Waals surface area contributed by atoms with E-state index >= 15 is 0 Å². The van der Waals surface area contributed by atoms with Crippen LogP contribution in [0.3, 0.4) is 0 Å². The minimum Gasteiger partial charge on any atom is -0.396 e. The summed E-state index contributed by atoms with van der Waals surface area (Å²) >= 11 is 0. The van der Waals surface area contributed by atoms with Crippen molar-refractivity contribution in [3.63, 3.8) is 0 Å². The van der Waals surface area contributed by atoms with Gasteiger partial charge in [-0.2, -0.15) is 0 Å². The Morgan fingerprint density at radius 3 is 2.73 bits per heavy atom. The first-order valence-corrected chi connectivity index (χ1v) is 3.80. The number of rotatable bonds is 2. The SMILES string of the molecule is C[C@H](N)C(=O)N1CC(CO)C1. The Hall–Kier alpha value is -0.610. The Bertz CT molecular complexity index is 153. The molecular formula is C7H14N2O2. The fourth-order valence-corrected chi connectivity index (χ4v) is 1.15. The number of aliphatic hydroxyl groups excluding tert-OH is 1. The van der Waals surface area contributed by atoms with Gasteiger partial charge < -0.3 is 15.7 Å². The van der Waals surface area contributed by atoms with E-state index in [2.05, 4.69) is 0 Å². The van der Waals surface area contributed by atoms with Crippen LogP contribution in [-0.2, 0) is 4.79 Å². The van der Waals surface area contributed by atoms with Crippen molar-refractivity contribution in [2.24, 2.45) is 11.7 Å². The molecule has 0 aromatic carbocycles. The zero-order chi connectivity index (χ0) is 8.43. The second-order valence-corrected chi connectivity index (χ2v) is 3.08. The van der Waals surface area contributed by atoms with Gasteiger partial charge in [-0.25, -0.2) is 0 Å². The van der Waals surface area contributed by atoms with Crippen LogP contribution >= 0.6 is 0 Å². The van der Waals surface area contributed by atoms with E-state index in [4.69, 9.17) is 10.8 Å². The van der Waals surface area contributed by atoms with Gasteiger partial charge in [-0.05, 0) is 6.92 Å². The van der Waals surface area contributed by atoms with E-state index in [-0.39, 0.29) is 18.4 Å². The summed E-state index contributed by atoms with van der Waals surface area (Å²) in [5.41, 5.74) is 5.38. The van der Waals surface area contributed by atoms with Crippen molar-refractivity contribution in [3.8, 4) is 0 Å². The molecule has 1 fully saturated rings. The monoisotopic (exact) mass is 158 g/mol. The molecular weight excluding hydrogens is 144 g/mol. The average molecular weight is 158 g/mol. The first-order valence-electron chi connectivity index (χ1n) is 3.80. The van der Waals surface area contributed by atoms with E-state index in [1.165, 1.54) is 0 Å². The number of hydrogen-bond donors (Lipinski definition) is 2. The molecule has 0 saturated carbocycles. The molecule has 0 aromatic rings. The van der Waals surface area contributed by atoms with Crippen LogP contribution in [0.2, 0.25) is 0 Å². The van der Waals surface area contributed by atoms with E-state index in [0.717, 1.165) is 0 Å². The van der Waals surface area contributed by atoms with Crippen molar-refractivity contribution in [2.75, 3.05) is 19.7 Å². The van der Waals surface area contributed by atoms with Crippen LogP contribution in [0, 0.1) is 5.92 Å². The number of carbonyl (C=O) groups excluding carboxylic acids is 1. The summed E-state index contributed by atoms with van der Waals surface area (Å²) in [5, 5.41) is 8.65. The van der Waals surface area contributed by atoms with E-state index in [1.807, 2.05) is 0 Å². The van der Waals surface area contributed by atoms with Gasteiger partial charge in [-0.15, -0.1) is 0 Å². The number of carbonyl (C=O) groups is 1. The maximum Gasteiger partial charge on any atom is 0.239 e. The second-order valence-electron chi connectivity index (χ2n) is 3.08. The van der Waals surface area contributed by atoms with Crippen LogP contribution in [0.25, 0.3) is 0 Å². The standard InChI is InChI=1S/C7H14N2O2/c1-5(8)7(11)9-2-6(3-9)4-10/h5-6,10H,2-4,8H2,1H3/t5-/m0/s1. The second kappa shape index (κ2) is 3.19. The number of nitrogens with two attached hydrogens (primary N) is 1. The van der Waals surface area contributed by atoms with Crippen molar-refractivity contribution < 1.29 is 9.90 Å². The minimum absolute atomic E-state index is 0.0188. The van der Waals surface area contributed by atoms with Gasteiger partial charge in [-0.1, -0.05) is 0 Å². The molecule has 1 aliphatic heterocycles. The highest BCUT2D eigenvalue weighted by atomic mass is 16.3. The van der Waals surface area contributed by atoms with Crippen LogP contribution in [-0.4, -0.2) is 41.7 Å². The molecule has 0 spiro atoms. The highest BCUT2D eigenvalue weighted by Gasteiger charge is 2.30. The van der Waals surface area contributed by atoms with Crippen molar-refractivity contribution >= 4 is 5.91 Å². The van der Waals surface area contributed by atoms with Gasteiger partial charge in [0.1, 0.15) is 0 Å². The largest absolute Gasteiger partial charge is 0.396 e. The number of hydrogen-bond acceptors (Lipinski definition) is 3. The number of nitrogens with zero attached hydrogens (tertiary/aromatic N) is 1. The first kappa shape index (κ1) is 8.49. The fourth-order valence-electron chi connectivity index (χ4n) is 1.15. The number of amides is 1. The summed E-state index contributed by atoms with van der Waals surface area (Å²) in [4.78, 5) is 12.8. The Balaban J connectivity index is 2.27. The maximum absolute atomic E-state index is 11.1. The third-order valence-electron chi connectivity index (χ3n) is 1.92. The Kier molecular flexibility index (Phi) is 2.46. The van der Waals surface area contributed by atoms with Crippen LogP contribution in [0.1, 0.15) is 6.92 Å². The van der Waals surface area contributed by atoms with Gasteiger partial charge in [0.15, 0.2) is 0 Å². The maximum atomic E-state index is 11.1. The molecule has 1 heterocycles. The molecule has 0 radical (unpaired) electrons. The topological polar surface area (TPSA) is 66.6 Å².